The van der Waals surface area contributed by atoms with Crippen LogP contribution in [-0.4, -0.2) is 88.3 Å². The molecule has 2 atom stereocenters. The predicted octanol–water partition coefficient (Wildman–Crippen LogP) is 0.835. The minimum Gasteiger partial charge on any atom is -0.468 e. The van der Waals surface area contributed by atoms with Gasteiger partial charge in [-0.15, -0.1) is 0 Å². The van der Waals surface area contributed by atoms with Crippen LogP contribution in [0.5, 0.6) is 0 Å². The highest BCUT2D eigenvalue weighted by Crippen LogP contribution is 2.22. The highest BCUT2D eigenvalue weighted by atomic mass is 16.5. The lowest BCUT2D eigenvalue weighted by Gasteiger charge is -2.41. The van der Waals surface area contributed by atoms with E-state index >= 15 is 0 Å². The van der Waals surface area contributed by atoms with E-state index in [1.54, 1.807) is 30.3 Å². The van der Waals surface area contributed by atoms with Gasteiger partial charge in [-0.1, -0.05) is 0 Å². The molecule has 1 amide bonds. The van der Waals surface area contributed by atoms with Crippen LogP contribution in [0.3, 0.4) is 0 Å². The lowest BCUT2D eigenvalue weighted by molar-refractivity contribution is -0.149. The fourth-order valence-electron chi connectivity index (χ4n) is 4.42. The normalized spacial score (nSPS) is 23.1. The standard InChI is InChI=1S/C21H29N5O4/c1-3-29-21(28)16-11-24(15-18-5-4-10-30-18)13-17-14-26(9-8-25(17)12-16)20(27)19-6-7-22-23(19)2/h4-7,10,16-17H,3,8-9,11-15H2,1-2H3/t16-,17-/m1/s1. The van der Waals surface area contributed by atoms with Crippen molar-refractivity contribution in [1.29, 1.82) is 0 Å². The molecule has 2 aliphatic rings. The lowest BCUT2D eigenvalue weighted by atomic mass is 10.1. The molecule has 0 aromatic carbocycles. The van der Waals surface area contributed by atoms with E-state index in [2.05, 4.69) is 14.9 Å². The largest absolute Gasteiger partial charge is 0.468 e. The van der Waals surface area contributed by atoms with Crippen molar-refractivity contribution in [3.05, 3.63) is 42.1 Å². The second kappa shape index (κ2) is 9.01. The van der Waals surface area contributed by atoms with Gasteiger partial charge in [-0.3, -0.25) is 24.1 Å². The molecular formula is C21H29N5O4. The minimum absolute atomic E-state index is 0.00146. The Hall–Kier alpha value is -2.65. The summed E-state index contributed by atoms with van der Waals surface area (Å²) in [7, 11) is 1.78. The Labute approximate surface area is 176 Å². The Morgan fingerprint density at radius 1 is 1.20 bits per heavy atom. The number of carbonyl (C=O) groups is 2. The number of rotatable bonds is 5. The van der Waals surface area contributed by atoms with Crippen molar-refractivity contribution in [3.8, 4) is 0 Å². The van der Waals surface area contributed by atoms with Crippen molar-refractivity contribution in [1.82, 2.24) is 24.5 Å². The van der Waals surface area contributed by atoms with Crippen LogP contribution in [0.1, 0.15) is 23.2 Å². The Kier molecular flexibility index (Phi) is 6.19. The van der Waals surface area contributed by atoms with Gasteiger partial charge >= 0.3 is 5.97 Å². The smallest absolute Gasteiger partial charge is 0.311 e. The van der Waals surface area contributed by atoms with Crippen molar-refractivity contribution >= 4 is 11.9 Å². The van der Waals surface area contributed by atoms with Crippen LogP contribution >= 0.6 is 0 Å². The molecule has 2 saturated heterocycles. The summed E-state index contributed by atoms with van der Waals surface area (Å²) in [4.78, 5) is 32.0. The number of piperazine rings is 1. The van der Waals surface area contributed by atoms with Crippen LogP contribution in [0.2, 0.25) is 0 Å². The van der Waals surface area contributed by atoms with E-state index in [4.69, 9.17) is 9.15 Å². The van der Waals surface area contributed by atoms with E-state index in [1.807, 2.05) is 24.0 Å². The number of fused-ring (bicyclic) bond motifs is 1. The Bertz CT molecular complexity index is 865. The van der Waals surface area contributed by atoms with Crippen molar-refractivity contribution in [3.63, 3.8) is 0 Å². The Morgan fingerprint density at radius 3 is 2.77 bits per heavy atom. The molecule has 2 aromatic rings. The van der Waals surface area contributed by atoms with Crippen LogP contribution in [-0.2, 0) is 23.1 Å². The number of hydrogen-bond donors (Lipinski definition) is 0. The molecule has 2 aliphatic heterocycles. The first-order valence-corrected chi connectivity index (χ1v) is 10.5. The lowest BCUT2D eigenvalue weighted by Crippen LogP contribution is -2.57. The summed E-state index contributed by atoms with van der Waals surface area (Å²) in [5, 5.41) is 4.12. The third-order valence-corrected chi connectivity index (χ3v) is 5.91. The molecule has 4 rings (SSSR count). The molecule has 162 valence electrons. The third kappa shape index (κ3) is 4.41. The maximum atomic E-state index is 13.0. The van der Waals surface area contributed by atoms with Crippen LogP contribution in [0.4, 0.5) is 0 Å². The van der Waals surface area contributed by atoms with Gasteiger partial charge in [0.1, 0.15) is 11.5 Å². The molecule has 30 heavy (non-hydrogen) atoms. The van der Waals surface area contributed by atoms with Crippen LogP contribution in [0.15, 0.2) is 35.1 Å². The highest BCUT2D eigenvalue weighted by Gasteiger charge is 2.38. The zero-order chi connectivity index (χ0) is 21.1. The summed E-state index contributed by atoms with van der Waals surface area (Å²) >= 11 is 0. The summed E-state index contributed by atoms with van der Waals surface area (Å²) in [5.74, 6) is 0.489. The highest BCUT2D eigenvalue weighted by molar-refractivity contribution is 5.92. The maximum Gasteiger partial charge on any atom is 0.311 e. The van der Waals surface area contributed by atoms with Crippen molar-refractivity contribution < 1.29 is 18.7 Å². The number of esters is 1. The molecular weight excluding hydrogens is 386 g/mol. The molecule has 2 aromatic heterocycles. The third-order valence-electron chi connectivity index (χ3n) is 5.91. The van der Waals surface area contributed by atoms with E-state index in [1.165, 1.54) is 0 Å². The first-order valence-electron chi connectivity index (χ1n) is 10.5. The summed E-state index contributed by atoms with van der Waals surface area (Å²) in [6.45, 7) is 6.84. The number of aromatic nitrogens is 2. The second-order valence-electron chi connectivity index (χ2n) is 7.96. The molecule has 9 nitrogen and oxygen atoms in total. The summed E-state index contributed by atoms with van der Waals surface area (Å²) in [5.41, 5.74) is 0.592. The molecule has 0 unspecified atom stereocenters. The average molecular weight is 415 g/mol. The van der Waals surface area contributed by atoms with Gasteiger partial charge in [-0.25, -0.2) is 0 Å². The number of furan rings is 1. The second-order valence-corrected chi connectivity index (χ2v) is 7.96. The fraction of sp³-hybridized carbons (Fsp3) is 0.571. The topological polar surface area (TPSA) is 84.0 Å². The van der Waals surface area contributed by atoms with Gasteiger partial charge < -0.3 is 14.1 Å². The maximum absolute atomic E-state index is 13.0. The van der Waals surface area contributed by atoms with Crippen molar-refractivity contribution in [2.24, 2.45) is 13.0 Å². The number of amides is 1. The number of carbonyl (C=O) groups excluding carboxylic acids is 2. The van der Waals surface area contributed by atoms with Gasteiger partial charge in [0.2, 0.25) is 0 Å². The summed E-state index contributed by atoms with van der Waals surface area (Å²) in [6, 6.07) is 5.71. The van der Waals surface area contributed by atoms with Gasteiger partial charge in [0.25, 0.3) is 5.91 Å². The van der Waals surface area contributed by atoms with E-state index in [-0.39, 0.29) is 23.8 Å². The molecule has 4 heterocycles. The summed E-state index contributed by atoms with van der Waals surface area (Å²) < 4.78 is 12.5. The molecule has 0 N–H and O–H groups in total. The molecule has 0 radical (unpaired) electrons. The number of aryl methyl sites for hydroxylation is 1. The SMILES string of the molecule is CCOC(=O)[C@@H]1CN(Cc2ccco2)C[C@@H]2CN(C(=O)c3ccnn3C)CCN2C1. The molecule has 0 aliphatic carbocycles. The van der Waals surface area contributed by atoms with Crippen molar-refractivity contribution in [2.45, 2.75) is 19.5 Å². The number of hydrogen-bond acceptors (Lipinski definition) is 7. The van der Waals surface area contributed by atoms with Crippen LogP contribution in [0.25, 0.3) is 0 Å². The zero-order valence-electron chi connectivity index (χ0n) is 17.6. The molecule has 2 fully saturated rings. The first-order chi connectivity index (χ1) is 14.5. The van der Waals surface area contributed by atoms with E-state index < -0.39 is 0 Å². The average Bonchev–Trinajstić information content (AvgIpc) is 3.35. The predicted molar refractivity (Wildman–Crippen MR) is 109 cm³/mol. The zero-order valence-corrected chi connectivity index (χ0v) is 17.6. The van der Waals surface area contributed by atoms with Gasteiger partial charge in [-0.05, 0) is 25.1 Å². The Balaban J connectivity index is 1.50. The summed E-state index contributed by atoms with van der Waals surface area (Å²) in [6.07, 6.45) is 3.31. The van der Waals surface area contributed by atoms with Gasteiger partial charge in [0.15, 0.2) is 0 Å². The van der Waals surface area contributed by atoms with E-state index in [0.29, 0.717) is 45.0 Å². The molecule has 0 bridgehead atoms. The van der Waals surface area contributed by atoms with Gasteiger partial charge in [0.05, 0.1) is 25.3 Å². The minimum atomic E-state index is -0.218. The Morgan fingerprint density at radius 2 is 2.07 bits per heavy atom. The molecule has 0 saturated carbocycles. The monoisotopic (exact) mass is 415 g/mol. The van der Waals surface area contributed by atoms with E-state index in [0.717, 1.165) is 18.8 Å². The van der Waals surface area contributed by atoms with Gasteiger partial charge in [0, 0.05) is 58.6 Å². The van der Waals surface area contributed by atoms with E-state index in [9.17, 15) is 9.59 Å². The quantitative estimate of drug-likeness (QED) is 0.669. The number of ether oxygens (including phenoxy) is 1. The van der Waals surface area contributed by atoms with Crippen LogP contribution < -0.4 is 0 Å². The molecule has 9 heteroatoms. The van der Waals surface area contributed by atoms with Crippen LogP contribution in [0, 0.1) is 5.92 Å². The molecule has 0 spiro atoms. The fourth-order valence-corrected chi connectivity index (χ4v) is 4.42. The first kappa shape index (κ1) is 20.6. The van der Waals surface area contributed by atoms with Crippen molar-refractivity contribution in [2.75, 3.05) is 45.9 Å². The number of nitrogens with zero attached hydrogens (tertiary/aromatic N) is 5. The van der Waals surface area contributed by atoms with Gasteiger partial charge in [-0.2, -0.15) is 5.10 Å².